The van der Waals surface area contributed by atoms with Crippen LogP contribution in [0.5, 0.6) is 5.75 Å². The molecule has 28 heavy (non-hydrogen) atoms. The lowest BCUT2D eigenvalue weighted by atomic mass is 10.0. The van der Waals surface area contributed by atoms with Crippen molar-refractivity contribution in [2.75, 3.05) is 13.2 Å². The van der Waals surface area contributed by atoms with E-state index >= 15 is 0 Å². The van der Waals surface area contributed by atoms with E-state index in [0.29, 0.717) is 42.1 Å². The van der Waals surface area contributed by atoms with Gasteiger partial charge in [0.25, 0.3) is 5.91 Å². The Kier molecular flexibility index (Phi) is 6.06. The molecule has 2 aromatic rings. The monoisotopic (exact) mass is 382 g/mol. The normalized spacial score (nSPS) is 18.9. The summed E-state index contributed by atoms with van der Waals surface area (Å²) in [7, 11) is 0. The van der Waals surface area contributed by atoms with Crippen LogP contribution in [0.15, 0.2) is 48.5 Å². The Hall–Kier alpha value is -3.19. The molecule has 0 unspecified atom stereocenters. The van der Waals surface area contributed by atoms with E-state index < -0.39 is 5.91 Å². The number of amides is 2. The lowest BCUT2D eigenvalue weighted by Gasteiger charge is -2.32. The predicted molar refractivity (Wildman–Crippen MR) is 103 cm³/mol. The van der Waals surface area contributed by atoms with Crippen molar-refractivity contribution in [3.8, 4) is 5.75 Å². The highest BCUT2D eigenvalue weighted by atomic mass is 16.5. The third-order valence-electron chi connectivity index (χ3n) is 4.60. The van der Waals surface area contributed by atoms with Gasteiger partial charge in [-0.15, -0.1) is 0 Å². The number of hydrogen-bond donors (Lipinski definition) is 2. The van der Waals surface area contributed by atoms with Gasteiger partial charge in [0.15, 0.2) is 5.78 Å². The highest BCUT2D eigenvalue weighted by Gasteiger charge is 2.29. The van der Waals surface area contributed by atoms with Crippen LogP contribution in [0.4, 0.5) is 0 Å². The summed E-state index contributed by atoms with van der Waals surface area (Å²) in [6, 6.07) is 12.8. The molecule has 3 rings (SSSR count). The zero-order valence-electron chi connectivity index (χ0n) is 15.5. The SMILES string of the molecule is CC(=O)c1ccc(C(=O)N[C@@H]2CCOC[C@H]2Oc2ccc(C(N)=O)cc2)cc1. The minimum Gasteiger partial charge on any atom is -0.486 e. The van der Waals surface area contributed by atoms with Crippen LogP contribution in [0, 0.1) is 0 Å². The number of benzene rings is 2. The smallest absolute Gasteiger partial charge is 0.251 e. The molecule has 3 N–H and O–H groups in total. The maximum Gasteiger partial charge on any atom is 0.251 e. The molecule has 7 nitrogen and oxygen atoms in total. The van der Waals surface area contributed by atoms with Crippen molar-refractivity contribution in [2.45, 2.75) is 25.5 Å². The molecule has 0 bridgehead atoms. The molecule has 0 radical (unpaired) electrons. The molecule has 0 aliphatic carbocycles. The Bertz CT molecular complexity index is 861. The van der Waals surface area contributed by atoms with Crippen LogP contribution in [0.3, 0.4) is 0 Å². The van der Waals surface area contributed by atoms with Crippen LogP contribution >= 0.6 is 0 Å². The van der Waals surface area contributed by atoms with Crippen molar-refractivity contribution in [1.82, 2.24) is 5.32 Å². The van der Waals surface area contributed by atoms with Crippen molar-refractivity contribution < 1.29 is 23.9 Å². The second kappa shape index (κ2) is 8.67. The lowest BCUT2D eigenvalue weighted by molar-refractivity contribution is -0.0135. The minimum absolute atomic E-state index is 0.0489. The van der Waals surface area contributed by atoms with Crippen molar-refractivity contribution in [1.29, 1.82) is 0 Å². The van der Waals surface area contributed by atoms with E-state index in [9.17, 15) is 14.4 Å². The molecular weight excluding hydrogens is 360 g/mol. The highest BCUT2D eigenvalue weighted by molar-refractivity contribution is 5.97. The Labute approximate surface area is 162 Å². The number of hydrogen-bond acceptors (Lipinski definition) is 5. The van der Waals surface area contributed by atoms with Crippen LogP contribution in [0.1, 0.15) is 44.4 Å². The van der Waals surface area contributed by atoms with Gasteiger partial charge in [0.1, 0.15) is 11.9 Å². The molecule has 7 heteroatoms. The van der Waals surface area contributed by atoms with E-state index in [1.807, 2.05) is 0 Å². The van der Waals surface area contributed by atoms with E-state index in [2.05, 4.69) is 5.32 Å². The molecule has 1 aliphatic rings. The number of ether oxygens (including phenoxy) is 2. The predicted octanol–water partition coefficient (Wildman–Crippen LogP) is 1.95. The number of ketones is 1. The summed E-state index contributed by atoms with van der Waals surface area (Å²) in [5.41, 5.74) is 6.67. The van der Waals surface area contributed by atoms with E-state index in [1.165, 1.54) is 6.92 Å². The summed E-state index contributed by atoms with van der Waals surface area (Å²) < 4.78 is 11.4. The van der Waals surface area contributed by atoms with Crippen LogP contribution in [-0.2, 0) is 4.74 Å². The average molecular weight is 382 g/mol. The molecule has 2 atom stereocenters. The third kappa shape index (κ3) is 4.75. The van der Waals surface area contributed by atoms with Crippen LogP contribution in [0.25, 0.3) is 0 Å². The van der Waals surface area contributed by atoms with E-state index in [1.54, 1.807) is 48.5 Å². The van der Waals surface area contributed by atoms with Crippen molar-refractivity contribution in [2.24, 2.45) is 5.73 Å². The summed E-state index contributed by atoms with van der Waals surface area (Å²) >= 11 is 0. The van der Waals surface area contributed by atoms with Crippen molar-refractivity contribution in [3.05, 3.63) is 65.2 Å². The third-order valence-corrected chi connectivity index (χ3v) is 4.60. The number of nitrogens with two attached hydrogens (primary N) is 1. The first-order valence-electron chi connectivity index (χ1n) is 9.00. The van der Waals surface area contributed by atoms with E-state index in [-0.39, 0.29) is 23.8 Å². The van der Waals surface area contributed by atoms with Gasteiger partial charge in [-0.05, 0) is 49.7 Å². The second-order valence-electron chi connectivity index (χ2n) is 6.62. The largest absolute Gasteiger partial charge is 0.486 e. The van der Waals surface area contributed by atoms with Crippen molar-refractivity contribution in [3.63, 3.8) is 0 Å². The van der Waals surface area contributed by atoms with Gasteiger partial charge in [-0.2, -0.15) is 0 Å². The molecule has 1 heterocycles. The van der Waals surface area contributed by atoms with Gasteiger partial charge in [-0.25, -0.2) is 0 Å². The van der Waals surface area contributed by atoms with Gasteiger partial charge in [0.05, 0.1) is 12.6 Å². The van der Waals surface area contributed by atoms with Crippen LogP contribution in [0.2, 0.25) is 0 Å². The van der Waals surface area contributed by atoms with Crippen molar-refractivity contribution >= 4 is 17.6 Å². The Morgan fingerprint density at radius 2 is 1.61 bits per heavy atom. The molecule has 2 amide bonds. The number of primary amides is 1. The van der Waals surface area contributed by atoms with Crippen LogP contribution < -0.4 is 15.8 Å². The zero-order chi connectivity index (χ0) is 20.1. The fraction of sp³-hybridized carbons (Fsp3) is 0.286. The van der Waals surface area contributed by atoms with Gasteiger partial charge < -0.3 is 20.5 Å². The number of nitrogens with one attached hydrogen (secondary N) is 1. The van der Waals surface area contributed by atoms with Gasteiger partial charge in [-0.1, -0.05) is 12.1 Å². The summed E-state index contributed by atoms with van der Waals surface area (Å²) in [5.74, 6) is -0.231. The van der Waals surface area contributed by atoms with Gasteiger partial charge >= 0.3 is 0 Å². The second-order valence-corrected chi connectivity index (χ2v) is 6.62. The number of carbonyl (C=O) groups excluding carboxylic acids is 3. The molecule has 2 aromatic carbocycles. The molecule has 1 saturated heterocycles. The maximum absolute atomic E-state index is 12.6. The molecule has 0 spiro atoms. The van der Waals surface area contributed by atoms with Crippen LogP contribution in [-0.4, -0.2) is 43.0 Å². The Morgan fingerprint density at radius 1 is 1.00 bits per heavy atom. The first-order chi connectivity index (χ1) is 13.4. The lowest BCUT2D eigenvalue weighted by Crippen LogP contribution is -2.51. The topological polar surface area (TPSA) is 108 Å². The Morgan fingerprint density at radius 3 is 2.21 bits per heavy atom. The standard InChI is InChI=1S/C21H22N2O5/c1-13(24)14-2-4-16(5-3-14)21(26)23-18-10-11-27-12-19(18)28-17-8-6-15(7-9-17)20(22)25/h2-9,18-19H,10-12H2,1H3,(H2,22,25)(H,23,26)/t18-,19-/m1/s1. The number of rotatable bonds is 6. The molecular formula is C21H22N2O5. The van der Waals surface area contributed by atoms with Gasteiger partial charge in [0, 0.05) is 23.3 Å². The summed E-state index contributed by atoms with van der Waals surface area (Å²) in [5, 5.41) is 2.98. The molecule has 146 valence electrons. The number of carbonyl (C=O) groups is 3. The fourth-order valence-electron chi connectivity index (χ4n) is 2.97. The molecule has 0 saturated carbocycles. The fourth-order valence-corrected chi connectivity index (χ4v) is 2.97. The first-order valence-corrected chi connectivity index (χ1v) is 9.00. The number of Topliss-reactive ketones (excluding diaryl/α,β-unsaturated/α-hetero) is 1. The average Bonchev–Trinajstić information content (AvgIpc) is 2.70. The van der Waals surface area contributed by atoms with E-state index in [0.717, 1.165) is 0 Å². The first kappa shape index (κ1) is 19.6. The van der Waals surface area contributed by atoms with Gasteiger partial charge in [0.2, 0.25) is 5.91 Å². The molecule has 1 aliphatic heterocycles. The molecule has 1 fully saturated rings. The summed E-state index contributed by atoms with van der Waals surface area (Å²) in [4.78, 5) is 35.1. The summed E-state index contributed by atoms with van der Waals surface area (Å²) in [6.45, 7) is 2.34. The minimum atomic E-state index is -0.506. The highest BCUT2D eigenvalue weighted by Crippen LogP contribution is 2.19. The zero-order valence-corrected chi connectivity index (χ0v) is 15.5. The van der Waals surface area contributed by atoms with E-state index in [4.69, 9.17) is 15.2 Å². The van der Waals surface area contributed by atoms with Gasteiger partial charge in [-0.3, -0.25) is 14.4 Å². The summed E-state index contributed by atoms with van der Waals surface area (Å²) in [6.07, 6.45) is 0.245. The quantitative estimate of drug-likeness (QED) is 0.743. The maximum atomic E-state index is 12.6. The Balaban J connectivity index is 1.66. The molecule has 0 aromatic heterocycles.